The number of halogens is 1. The average Bonchev–Trinajstić information content (AvgIpc) is 2.88. The lowest BCUT2D eigenvalue weighted by atomic mass is 10.1. The second-order valence-electron chi connectivity index (χ2n) is 6.44. The van der Waals surface area contributed by atoms with Crippen molar-refractivity contribution in [2.45, 2.75) is 25.2 Å². The molecule has 9 heteroatoms. The summed E-state index contributed by atoms with van der Waals surface area (Å²) in [4.78, 5) is 18.7. The maximum atomic E-state index is 14.2. The molecule has 154 valence electrons. The third-order valence-electron chi connectivity index (χ3n) is 4.58. The molecule has 0 spiro atoms. The van der Waals surface area contributed by atoms with E-state index in [1.807, 2.05) is 25.1 Å². The van der Waals surface area contributed by atoms with Gasteiger partial charge in [0.2, 0.25) is 23.2 Å². The number of para-hydroxylation sites is 1. The number of carbonyl (C=O) groups excluding carboxylic acids is 1. The highest BCUT2D eigenvalue weighted by Crippen LogP contribution is 2.45. The first kappa shape index (κ1) is 20.1. The lowest BCUT2D eigenvalue weighted by molar-refractivity contribution is -0.118. The van der Waals surface area contributed by atoms with E-state index in [2.05, 4.69) is 15.2 Å². The zero-order valence-corrected chi connectivity index (χ0v) is 17.4. The molecule has 0 saturated heterocycles. The minimum Gasteiger partial charge on any atom is -0.496 e. The predicted octanol–water partition coefficient (Wildman–Crippen LogP) is 4.24. The molecule has 4 rings (SSSR count). The van der Waals surface area contributed by atoms with Crippen molar-refractivity contribution in [3.8, 4) is 22.9 Å². The van der Waals surface area contributed by atoms with Crippen molar-refractivity contribution in [2.75, 3.05) is 17.8 Å². The van der Waals surface area contributed by atoms with Gasteiger partial charge in [-0.1, -0.05) is 30.8 Å². The van der Waals surface area contributed by atoms with Gasteiger partial charge in [0.1, 0.15) is 11.6 Å². The largest absolute Gasteiger partial charge is 0.496 e. The quantitative estimate of drug-likeness (QED) is 0.578. The van der Waals surface area contributed by atoms with Gasteiger partial charge in [-0.25, -0.2) is 4.39 Å². The zero-order valence-electron chi connectivity index (χ0n) is 16.6. The van der Waals surface area contributed by atoms with Gasteiger partial charge in [-0.2, -0.15) is 4.98 Å². The van der Waals surface area contributed by atoms with Gasteiger partial charge in [0, 0.05) is 12.5 Å². The van der Waals surface area contributed by atoms with Crippen LogP contribution in [-0.2, 0) is 4.79 Å². The van der Waals surface area contributed by atoms with Gasteiger partial charge in [-0.3, -0.25) is 9.69 Å². The van der Waals surface area contributed by atoms with Gasteiger partial charge in [-0.15, -0.1) is 10.2 Å². The van der Waals surface area contributed by atoms with Crippen molar-refractivity contribution in [2.24, 2.45) is 0 Å². The van der Waals surface area contributed by atoms with Crippen molar-refractivity contribution >= 4 is 23.4 Å². The summed E-state index contributed by atoms with van der Waals surface area (Å²) in [6.45, 7) is 3.40. The van der Waals surface area contributed by atoms with Crippen molar-refractivity contribution in [1.82, 2.24) is 15.2 Å². The number of rotatable bonds is 4. The van der Waals surface area contributed by atoms with Gasteiger partial charge in [-0.05, 0) is 36.1 Å². The van der Waals surface area contributed by atoms with Crippen molar-refractivity contribution < 1.29 is 18.7 Å². The first-order chi connectivity index (χ1) is 14.5. The van der Waals surface area contributed by atoms with Crippen LogP contribution in [0.25, 0.3) is 11.3 Å². The number of aromatic nitrogens is 3. The van der Waals surface area contributed by atoms with E-state index in [1.165, 1.54) is 41.8 Å². The molecule has 0 unspecified atom stereocenters. The summed E-state index contributed by atoms with van der Waals surface area (Å²) in [5.41, 5.74) is 1.73. The maximum absolute atomic E-state index is 14.2. The smallest absolute Gasteiger partial charge is 0.247 e. The minimum absolute atomic E-state index is 0.174. The fourth-order valence-electron chi connectivity index (χ4n) is 3.34. The number of anilines is 1. The Balaban J connectivity index is 1.99. The summed E-state index contributed by atoms with van der Waals surface area (Å²) in [5.74, 6) is 0.718. The van der Waals surface area contributed by atoms with Crippen LogP contribution in [0.2, 0.25) is 0 Å². The molecule has 0 N–H and O–H groups in total. The second kappa shape index (κ2) is 8.27. The Morgan fingerprint density at radius 3 is 2.80 bits per heavy atom. The van der Waals surface area contributed by atoms with Gasteiger partial charge in [0.05, 0.1) is 18.4 Å². The highest BCUT2D eigenvalue weighted by molar-refractivity contribution is 7.99. The molecule has 1 atom stereocenters. The van der Waals surface area contributed by atoms with Crippen molar-refractivity contribution in [3.05, 3.63) is 53.8 Å². The number of amides is 1. The van der Waals surface area contributed by atoms with E-state index in [9.17, 15) is 9.18 Å². The van der Waals surface area contributed by atoms with Gasteiger partial charge >= 0.3 is 0 Å². The Labute approximate surface area is 177 Å². The number of nitrogens with zero attached hydrogens (tertiary/aromatic N) is 4. The molecule has 30 heavy (non-hydrogen) atoms. The van der Waals surface area contributed by atoms with Crippen LogP contribution < -0.4 is 14.4 Å². The SMILES string of the molecule is CCSc1nnc2c(n1)O[C@@H](c1ccccc1OC)N(C(C)=O)c1ccc(F)cc1-2. The molecule has 0 aliphatic carbocycles. The maximum Gasteiger partial charge on any atom is 0.247 e. The fourth-order valence-corrected chi connectivity index (χ4v) is 3.84. The van der Waals surface area contributed by atoms with E-state index in [0.29, 0.717) is 27.7 Å². The Morgan fingerprint density at radius 1 is 1.27 bits per heavy atom. The summed E-state index contributed by atoms with van der Waals surface area (Å²) in [5, 5.41) is 8.81. The highest BCUT2D eigenvalue weighted by Gasteiger charge is 2.36. The van der Waals surface area contributed by atoms with Crippen LogP contribution in [0.15, 0.2) is 47.6 Å². The predicted molar refractivity (Wildman–Crippen MR) is 111 cm³/mol. The summed E-state index contributed by atoms with van der Waals surface area (Å²) in [6, 6.07) is 11.4. The Bertz CT molecular complexity index is 1110. The molecule has 1 aromatic heterocycles. The zero-order chi connectivity index (χ0) is 21.3. The molecular formula is C21H19FN4O3S. The lowest BCUT2D eigenvalue weighted by Crippen LogP contribution is -2.36. The molecule has 2 heterocycles. The highest BCUT2D eigenvalue weighted by atomic mass is 32.2. The van der Waals surface area contributed by atoms with E-state index in [-0.39, 0.29) is 17.5 Å². The number of hydrogen-bond donors (Lipinski definition) is 0. The van der Waals surface area contributed by atoms with Crippen LogP contribution in [0.3, 0.4) is 0 Å². The summed E-state index contributed by atoms with van der Waals surface area (Å²) in [7, 11) is 1.55. The normalized spacial score (nSPS) is 14.9. The van der Waals surface area contributed by atoms with Crippen LogP contribution in [0.1, 0.15) is 25.6 Å². The number of ether oxygens (including phenoxy) is 2. The number of fused-ring (bicyclic) bond motifs is 3. The van der Waals surface area contributed by atoms with Crippen LogP contribution in [0.4, 0.5) is 10.1 Å². The molecule has 7 nitrogen and oxygen atoms in total. The van der Waals surface area contributed by atoms with E-state index < -0.39 is 12.0 Å². The molecule has 3 aromatic rings. The van der Waals surface area contributed by atoms with Crippen LogP contribution in [0, 0.1) is 5.82 Å². The van der Waals surface area contributed by atoms with Gasteiger partial charge < -0.3 is 9.47 Å². The molecule has 0 saturated carbocycles. The molecule has 0 bridgehead atoms. The van der Waals surface area contributed by atoms with E-state index in [0.717, 1.165) is 5.75 Å². The summed E-state index contributed by atoms with van der Waals surface area (Å²) < 4.78 is 25.9. The Hall–Kier alpha value is -3.20. The number of thioether (sulfide) groups is 1. The molecule has 0 radical (unpaired) electrons. The standard InChI is InChI=1S/C21H19FN4O3S/c1-4-30-21-23-19-18(24-25-21)15-11-13(22)9-10-16(15)26(12(2)27)20(29-19)14-7-5-6-8-17(14)28-3/h5-11,20H,4H2,1-3H3/t20-/m0/s1. The summed E-state index contributed by atoms with van der Waals surface area (Å²) >= 11 is 1.41. The van der Waals surface area contributed by atoms with Gasteiger partial charge in [0.15, 0.2) is 5.69 Å². The van der Waals surface area contributed by atoms with Crippen molar-refractivity contribution in [3.63, 3.8) is 0 Å². The number of benzene rings is 2. The first-order valence-electron chi connectivity index (χ1n) is 9.30. The van der Waals surface area contributed by atoms with Crippen LogP contribution in [0.5, 0.6) is 11.6 Å². The average molecular weight is 426 g/mol. The number of hydrogen-bond acceptors (Lipinski definition) is 7. The monoisotopic (exact) mass is 426 g/mol. The Kier molecular flexibility index (Phi) is 5.54. The molecule has 0 fully saturated rings. The van der Waals surface area contributed by atoms with E-state index in [4.69, 9.17) is 9.47 Å². The molecular weight excluding hydrogens is 407 g/mol. The number of carbonyl (C=O) groups is 1. The van der Waals surface area contributed by atoms with E-state index >= 15 is 0 Å². The molecule has 1 aliphatic rings. The lowest BCUT2D eigenvalue weighted by Gasteiger charge is -2.30. The third-order valence-corrected chi connectivity index (χ3v) is 5.30. The summed E-state index contributed by atoms with van der Waals surface area (Å²) in [6.07, 6.45) is -0.889. The molecule has 1 aliphatic heterocycles. The van der Waals surface area contributed by atoms with Crippen LogP contribution >= 0.6 is 11.8 Å². The topological polar surface area (TPSA) is 77.4 Å². The van der Waals surface area contributed by atoms with E-state index in [1.54, 1.807) is 13.2 Å². The fraction of sp³-hybridized carbons (Fsp3) is 0.238. The van der Waals surface area contributed by atoms with Crippen molar-refractivity contribution in [1.29, 1.82) is 0 Å². The third kappa shape index (κ3) is 3.56. The second-order valence-corrected chi connectivity index (χ2v) is 7.67. The number of methoxy groups -OCH3 is 1. The molecule has 2 aromatic carbocycles. The van der Waals surface area contributed by atoms with Crippen LogP contribution in [-0.4, -0.2) is 34.0 Å². The van der Waals surface area contributed by atoms with Gasteiger partial charge in [0.25, 0.3) is 0 Å². The first-order valence-corrected chi connectivity index (χ1v) is 10.3. The molecule has 1 amide bonds. The minimum atomic E-state index is -0.889. The Morgan fingerprint density at radius 2 is 2.07 bits per heavy atom.